The first-order valence-electron chi connectivity index (χ1n) is 5.30. The molecule has 0 saturated carbocycles. The Hall–Kier alpha value is -1.31. The largest absolute Gasteiger partial charge is 0.359 e. The van der Waals surface area contributed by atoms with E-state index in [4.69, 9.17) is 16.3 Å². The molecular weight excluding hydrogens is 220 g/mol. The van der Waals surface area contributed by atoms with Gasteiger partial charge in [-0.2, -0.15) is 0 Å². The summed E-state index contributed by atoms with van der Waals surface area (Å²) in [5.74, 6) is 0. The maximum absolute atomic E-state index is 5.85. The molecule has 1 aliphatic heterocycles. The van der Waals surface area contributed by atoms with E-state index in [1.54, 1.807) is 0 Å². The summed E-state index contributed by atoms with van der Waals surface area (Å²) in [5, 5.41) is 0.765. The summed E-state index contributed by atoms with van der Waals surface area (Å²) in [4.78, 5) is 0. The molecule has 16 heavy (non-hydrogen) atoms. The van der Waals surface area contributed by atoms with Gasteiger partial charge in [-0.25, -0.2) is 0 Å². The molecule has 2 atom stereocenters. The van der Waals surface area contributed by atoms with Crippen LogP contribution in [0.1, 0.15) is 23.3 Å². The van der Waals surface area contributed by atoms with Gasteiger partial charge in [0, 0.05) is 5.02 Å². The molecule has 1 unspecified atom stereocenters. The molecule has 0 amide bonds. The van der Waals surface area contributed by atoms with Gasteiger partial charge >= 0.3 is 0 Å². The Morgan fingerprint density at radius 3 is 1.94 bits per heavy atom. The predicted octanol–water partition coefficient (Wildman–Crippen LogP) is 4.15. The van der Waals surface area contributed by atoms with Crippen LogP contribution in [-0.2, 0) is 4.74 Å². The van der Waals surface area contributed by atoms with Crippen LogP contribution in [-0.4, -0.2) is 0 Å². The van der Waals surface area contributed by atoms with Gasteiger partial charge in [0.2, 0.25) is 0 Å². The summed E-state index contributed by atoms with van der Waals surface area (Å²) >= 11 is 5.85. The fourth-order valence-electron chi connectivity index (χ4n) is 1.91. The minimum Gasteiger partial charge on any atom is -0.359 e. The second-order valence-electron chi connectivity index (χ2n) is 3.94. The van der Waals surface area contributed by atoms with E-state index < -0.39 is 0 Å². The van der Waals surface area contributed by atoms with Gasteiger partial charge in [0.05, 0.1) is 0 Å². The van der Waals surface area contributed by atoms with Crippen molar-refractivity contribution in [2.45, 2.75) is 12.2 Å². The number of halogens is 1. The van der Waals surface area contributed by atoms with E-state index in [-0.39, 0.29) is 12.2 Å². The van der Waals surface area contributed by atoms with E-state index >= 15 is 0 Å². The number of rotatable bonds is 2. The van der Waals surface area contributed by atoms with Crippen LogP contribution in [0.4, 0.5) is 0 Å². The zero-order valence-corrected chi connectivity index (χ0v) is 9.39. The zero-order valence-electron chi connectivity index (χ0n) is 8.64. The van der Waals surface area contributed by atoms with Gasteiger partial charge < -0.3 is 4.74 Å². The minimum atomic E-state index is 0.194. The molecule has 2 aromatic rings. The van der Waals surface area contributed by atoms with E-state index in [1.807, 2.05) is 42.5 Å². The van der Waals surface area contributed by atoms with E-state index in [9.17, 15) is 0 Å². The average Bonchev–Trinajstić information content (AvgIpc) is 3.11. The molecule has 1 heterocycles. The van der Waals surface area contributed by atoms with Crippen LogP contribution in [0.15, 0.2) is 54.6 Å². The van der Waals surface area contributed by atoms with Crippen molar-refractivity contribution in [3.63, 3.8) is 0 Å². The van der Waals surface area contributed by atoms with Crippen molar-refractivity contribution >= 4 is 11.6 Å². The summed E-state index contributed by atoms with van der Waals surface area (Å²) in [6.45, 7) is 0. The zero-order chi connectivity index (χ0) is 11.0. The van der Waals surface area contributed by atoms with E-state index in [0.717, 1.165) is 5.02 Å². The lowest BCUT2D eigenvalue weighted by Crippen LogP contribution is -1.83. The smallest absolute Gasteiger partial charge is 0.114 e. The van der Waals surface area contributed by atoms with Crippen LogP contribution in [0.5, 0.6) is 0 Å². The third-order valence-corrected chi connectivity index (χ3v) is 3.07. The van der Waals surface area contributed by atoms with Crippen molar-refractivity contribution < 1.29 is 4.74 Å². The SMILES string of the molecule is Clc1ccc([C@@H]2OC2c2ccccc2)cc1. The van der Waals surface area contributed by atoms with Crippen LogP contribution in [0.2, 0.25) is 5.02 Å². The molecule has 1 saturated heterocycles. The van der Waals surface area contributed by atoms with E-state index in [0.29, 0.717) is 0 Å². The lowest BCUT2D eigenvalue weighted by molar-refractivity contribution is 0.377. The van der Waals surface area contributed by atoms with E-state index in [2.05, 4.69) is 12.1 Å². The molecular formula is C14H11ClO. The number of ether oxygens (including phenoxy) is 1. The number of benzene rings is 2. The van der Waals surface area contributed by atoms with Crippen molar-refractivity contribution in [2.24, 2.45) is 0 Å². The van der Waals surface area contributed by atoms with Gasteiger partial charge in [0.1, 0.15) is 12.2 Å². The summed E-state index contributed by atoms with van der Waals surface area (Å²) < 4.78 is 5.69. The quantitative estimate of drug-likeness (QED) is 0.706. The first-order chi connectivity index (χ1) is 7.84. The van der Waals surface area contributed by atoms with Crippen LogP contribution in [0, 0.1) is 0 Å². The van der Waals surface area contributed by atoms with Crippen LogP contribution >= 0.6 is 11.6 Å². The van der Waals surface area contributed by atoms with E-state index in [1.165, 1.54) is 11.1 Å². The summed E-state index contributed by atoms with van der Waals surface area (Å²) in [7, 11) is 0. The fraction of sp³-hybridized carbons (Fsp3) is 0.143. The Bertz CT molecular complexity index is 478. The Labute approximate surface area is 99.6 Å². The molecule has 1 fully saturated rings. The molecule has 0 radical (unpaired) electrons. The van der Waals surface area contributed by atoms with Crippen LogP contribution in [0.25, 0.3) is 0 Å². The van der Waals surface area contributed by atoms with Crippen LogP contribution < -0.4 is 0 Å². The molecule has 80 valence electrons. The average molecular weight is 231 g/mol. The second kappa shape index (κ2) is 3.93. The van der Waals surface area contributed by atoms with Gasteiger partial charge in [-0.15, -0.1) is 0 Å². The first kappa shape index (κ1) is 9.88. The number of hydrogen-bond acceptors (Lipinski definition) is 1. The van der Waals surface area contributed by atoms with Crippen molar-refractivity contribution in [1.82, 2.24) is 0 Å². The standard InChI is InChI=1S/C14H11ClO/c15-12-8-6-11(7-9-12)14-13(16-14)10-4-2-1-3-5-10/h1-9,13-14H/t13?,14-/m0/s1. The Balaban J connectivity index is 1.79. The molecule has 0 spiro atoms. The highest BCUT2D eigenvalue weighted by Crippen LogP contribution is 2.50. The predicted molar refractivity (Wildman–Crippen MR) is 64.5 cm³/mol. The third-order valence-electron chi connectivity index (χ3n) is 2.82. The molecule has 0 aliphatic carbocycles. The number of epoxide rings is 1. The van der Waals surface area contributed by atoms with Crippen LogP contribution in [0.3, 0.4) is 0 Å². The Kier molecular flexibility index (Phi) is 2.43. The second-order valence-corrected chi connectivity index (χ2v) is 4.38. The Morgan fingerprint density at radius 2 is 1.31 bits per heavy atom. The van der Waals surface area contributed by atoms with Gasteiger partial charge in [-0.05, 0) is 23.3 Å². The fourth-order valence-corrected chi connectivity index (χ4v) is 2.04. The number of hydrogen-bond donors (Lipinski definition) is 0. The summed E-state index contributed by atoms with van der Waals surface area (Å²) in [5.41, 5.74) is 2.43. The summed E-state index contributed by atoms with van der Waals surface area (Å²) in [6.07, 6.45) is 0.405. The molecule has 0 aromatic heterocycles. The van der Waals surface area contributed by atoms with Gasteiger partial charge in [-0.1, -0.05) is 54.1 Å². The highest BCUT2D eigenvalue weighted by atomic mass is 35.5. The molecule has 3 rings (SSSR count). The lowest BCUT2D eigenvalue weighted by atomic mass is 10.0. The highest BCUT2D eigenvalue weighted by molar-refractivity contribution is 6.30. The molecule has 2 aromatic carbocycles. The molecule has 0 bridgehead atoms. The molecule has 2 heteroatoms. The normalized spacial score (nSPS) is 23.1. The first-order valence-corrected chi connectivity index (χ1v) is 5.68. The molecule has 1 aliphatic rings. The molecule has 0 N–H and O–H groups in total. The van der Waals surface area contributed by atoms with Crippen molar-refractivity contribution in [2.75, 3.05) is 0 Å². The summed E-state index contributed by atoms with van der Waals surface area (Å²) in [6, 6.07) is 18.1. The monoisotopic (exact) mass is 230 g/mol. The maximum Gasteiger partial charge on any atom is 0.114 e. The van der Waals surface area contributed by atoms with Gasteiger partial charge in [0.15, 0.2) is 0 Å². The van der Waals surface area contributed by atoms with Crippen molar-refractivity contribution in [1.29, 1.82) is 0 Å². The minimum absolute atomic E-state index is 0.194. The lowest BCUT2D eigenvalue weighted by Gasteiger charge is -1.97. The van der Waals surface area contributed by atoms with Crippen molar-refractivity contribution in [3.8, 4) is 0 Å². The van der Waals surface area contributed by atoms with Gasteiger partial charge in [-0.3, -0.25) is 0 Å². The highest BCUT2D eigenvalue weighted by Gasteiger charge is 2.41. The Morgan fingerprint density at radius 1 is 0.750 bits per heavy atom. The van der Waals surface area contributed by atoms with Crippen molar-refractivity contribution in [3.05, 3.63) is 70.7 Å². The molecule has 1 nitrogen and oxygen atoms in total. The maximum atomic E-state index is 5.85. The topological polar surface area (TPSA) is 12.5 Å². The van der Waals surface area contributed by atoms with Gasteiger partial charge in [0.25, 0.3) is 0 Å². The third kappa shape index (κ3) is 1.84.